The molecule has 0 aliphatic rings. The van der Waals surface area contributed by atoms with E-state index in [-0.39, 0.29) is 5.56 Å². The van der Waals surface area contributed by atoms with Crippen molar-refractivity contribution in [1.29, 1.82) is 0 Å². The summed E-state index contributed by atoms with van der Waals surface area (Å²) in [6.07, 6.45) is 1.57. The lowest BCUT2D eigenvalue weighted by Gasteiger charge is -1.94. The summed E-state index contributed by atoms with van der Waals surface area (Å²) in [5.74, 6) is 0. The van der Waals surface area contributed by atoms with Crippen molar-refractivity contribution in [2.45, 2.75) is 6.92 Å². The highest BCUT2D eigenvalue weighted by molar-refractivity contribution is 5.82. The summed E-state index contributed by atoms with van der Waals surface area (Å²) in [4.78, 5) is 15.9. The van der Waals surface area contributed by atoms with Crippen LogP contribution in [-0.4, -0.2) is 16.0 Å². The van der Waals surface area contributed by atoms with E-state index < -0.39 is 0 Å². The van der Waals surface area contributed by atoms with Crippen LogP contribution in [0.4, 0.5) is 11.4 Å². The summed E-state index contributed by atoms with van der Waals surface area (Å²) in [6, 6.07) is 7.15. The second-order valence-corrected chi connectivity index (χ2v) is 3.86. The molecule has 0 bridgehead atoms. The summed E-state index contributed by atoms with van der Waals surface area (Å²) >= 11 is 0. The Morgan fingerprint density at radius 1 is 1.35 bits per heavy atom. The van der Waals surface area contributed by atoms with Crippen LogP contribution in [0.5, 0.6) is 0 Å². The molecular weight excluding hydrogens is 216 g/mol. The molecule has 0 saturated heterocycles. The quantitative estimate of drug-likeness (QED) is 0.603. The summed E-state index contributed by atoms with van der Waals surface area (Å²) in [5.41, 5.74) is 8.33. The fourth-order valence-electron chi connectivity index (χ4n) is 1.56. The first-order valence-electron chi connectivity index (χ1n) is 5.23. The van der Waals surface area contributed by atoms with Gasteiger partial charge >= 0.3 is 0 Å². The summed E-state index contributed by atoms with van der Waals surface area (Å²) in [6.45, 7) is 1.84. The van der Waals surface area contributed by atoms with Gasteiger partial charge in [-0.2, -0.15) is 0 Å². The molecule has 2 rings (SSSR count). The Bertz CT molecular complexity index is 604. The first-order valence-corrected chi connectivity index (χ1v) is 5.23. The van der Waals surface area contributed by atoms with Gasteiger partial charge in [-0.15, -0.1) is 0 Å². The van der Waals surface area contributed by atoms with Gasteiger partial charge in [0.2, 0.25) is 0 Å². The maximum atomic E-state index is 11.7. The molecule has 0 amide bonds. The fourth-order valence-corrected chi connectivity index (χ4v) is 1.56. The molecule has 0 aliphatic heterocycles. The van der Waals surface area contributed by atoms with E-state index in [1.54, 1.807) is 37.5 Å². The third kappa shape index (κ3) is 2.28. The van der Waals surface area contributed by atoms with Crippen LogP contribution in [0.15, 0.2) is 34.1 Å². The topological polar surface area (TPSA) is 76.2 Å². The highest BCUT2D eigenvalue weighted by atomic mass is 16.1. The molecule has 1 heterocycles. The molecule has 0 unspecified atom stereocenters. The van der Waals surface area contributed by atoms with Crippen LogP contribution < -0.4 is 11.3 Å². The maximum Gasteiger partial charge on any atom is 0.275 e. The van der Waals surface area contributed by atoms with Gasteiger partial charge in [-0.25, -0.2) is 0 Å². The molecule has 17 heavy (non-hydrogen) atoms. The Morgan fingerprint density at radius 2 is 2.00 bits per heavy atom. The first-order chi connectivity index (χ1) is 8.08. The Morgan fingerprint density at radius 3 is 2.53 bits per heavy atom. The van der Waals surface area contributed by atoms with Crippen LogP contribution in [0.25, 0.3) is 0 Å². The summed E-state index contributed by atoms with van der Waals surface area (Å²) in [5, 5.41) is 2.91. The molecular formula is C12H14N4O. The van der Waals surface area contributed by atoms with Crippen LogP contribution in [0.3, 0.4) is 0 Å². The number of nitrogens with two attached hydrogens (primary N) is 1. The minimum absolute atomic E-state index is 0.0818. The number of benzene rings is 1. The molecule has 0 fully saturated rings. The molecule has 0 aliphatic carbocycles. The predicted molar refractivity (Wildman–Crippen MR) is 68.9 cm³/mol. The standard InChI is InChI=1S/C12H14N4O/c1-8-11(12(17)16(2)15-8)7-14-10-5-3-9(13)4-6-10/h3-7,15H,13H2,1-2H3. The molecule has 2 aromatic rings. The zero-order valence-electron chi connectivity index (χ0n) is 9.77. The largest absolute Gasteiger partial charge is 0.399 e. The first kappa shape index (κ1) is 11.2. The van der Waals surface area contributed by atoms with Gasteiger partial charge in [0.05, 0.1) is 11.3 Å². The highest BCUT2D eigenvalue weighted by Crippen LogP contribution is 2.13. The number of rotatable bonds is 2. The normalized spacial score (nSPS) is 11.2. The number of nitrogens with one attached hydrogen (secondary N) is 1. The van der Waals surface area contributed by atoms with Gasteiger partial charge in [-0.1, -0.05) is 0 Å². The van der Waals surface area contributed by atoms with Crippen molar-refractivity contribution in [2.75, 3.05) is 5.73 Å². The van der Waals surface area contributed by atoms with E-state index in [1.807, 2.05) is 6.92 Å². The molecule has 0 atom stereocenters. The Labute approximate surface area is 98.6 Å². The third-order valence-corrected chi connectivity index (χ3v) is 2.51. The second kappa shape index (κ2) is 4.29. The van der Waals surface area contributed by atoms with E-state index in [0.717, 1.165) is 11.4 Å². The molecule has 0 saturated carbocycles. The van der Waals surface area contributed by atoms with E-state index in [0.29, 0.717) is 11.3 Å². The average molecular weight is 230 g/mol. The zero-order chi connectivity index (χ0) is 12.4. The van der Waals surface area contributed by atoms with E-state index in [4.69, 9.17) is 5.73 Å². The number of aromatic amines is 1. The predicted octanol–water partition coefficient (Wildman–Crippen LogP) is 1.35. The number of aromatic nitrogens is 2. The summed E-state index contributed by atoms with van der Waals surface area (Å²) < 4.78 is 1.43. The monoisotopic (exact) mass is 230 g/mol. The van der Waals surface area contributed by atoms with Gasteiger partial charge in [-0.3, -0.25) is 19.6 Å². The number of hydrogen-bond acceptors (Lipinski definition) is 3. The van der Waals surface area contributed by atoms with Crippen LogP contribution in [0.1, 0.15) is 11.3 Å². The molecule has 1 aromatic carbocycles. The van der Waals surface area contributed by atoms with Crippen molar-refractivity contribution in [1.82, 2.24) is 9.78 Å². The van der Waals surface area contributed by atoms with Crippen molar-refractivity contribution in [3.63, 3.8) is 0 Å². The SMILES string of the molecule is Cc1[nH]n(C)c(=O)c1C=Nc1ccc(N)cc1. The van der Waals surface area contributed by atoms with E-state index in [9.17, 15) is 4.79 Å². The fraction of sp³-hybridized carbons (Fsp3) is 0.167. The van der Waals surface area contributed by atoms with E-state index in [1.165, 1.54) is 4.68 Å². The molecule has 5 heteroatoms. The van der Waals surface area contributed by atoms with Crippen molar-refractivity contribution in [2.24, 2.45) is 12.0 Å². The number of nitrogen functional groups attached to an aromatic ring is 1. The molecule has 0 radical (unpaired) electrons. The Balaban J connectivity index is 2.32. The van der Waals surface area contributed by atoms with Gasteiger partial charge in [0.25, 0.3) is 5.56 Å². The molecule has 1 aromatic heterocycles. The summed E-state index contributed by atoms with van der Waals surface area (Å²) in [7, 11) is 1.68. The van der Waals surface area contributed by atoms with Gasteiger partial charge in [-0.05, 0) is 31.2 Å². The zero-order valence-corrected chi connectivity index (χ0v) is 9.77. The molecule has 3 N–H and O–H groups in total. The number of hydrogen-bond donors (Lipinski definition) is 2. The van der Waals surface area contributed by atoms with E-state index >= 15 is 0 Å². The average Bonchev–Trinajstić information content (AvgIpc) is 2.54. The third-order valence-electron chi connectivity index (χ3n) is 2.51. The van der Waals surface area contributed by atoms with Crippen LogP contribution >= 0.6 is 0 Å². The van der Waals surface area contributed by atoms with E-state index in [2.05, 4.69) is 10.1 Å². The number of H-pyrrole nitrogens is 1. The number of anilines is 1. The Kier molecular flexibility index (Phi) is 2.82. The van der Waals surface area contributed by atoms with Crippen molar-refractivity contribution < 1.29 is 0 Å². The van der Waals surface area contributed by atoms with Gasteiger partial charge in [0, 0.05) is 24.6 Å². The van der Waals surface area contributed by atoms with Gasteiger partial charge < -0.3 is 5.73 Å². The van der Waals surface area contributed by atoms with Crippen molar-refractivity contribution >= 4 is 17.6 Å². The smallest absolute Gasteiger partial charge is 0.275 e. The van der Waals surface area contributed by atoms with Crippen LogP contribution in [-0.2, 0) is 7.05 Å². The van der Waals surface area contributed by atoms with Crippen molar-refractivity contribution in [3.05, 3.63) is 45.9 Å². The van der Waals surface area contributed by atoms with Gasteiger partial charge in [0.15, 0.2) is 0 Å². The lowest BCUT2D eigenvalue weighted by Crippen LogP contribution is -2.14. The van der Waals surface area contributed by atoms with Gasteiger partial charge in [0.1, 0.15) is 0 Å². The number of aliphatic imine (C=N–C) groups is 1. The Hall–Kier alpha value is -2.30. The second-order valence-electron chi connectivity index (χ2n) is 3.86. The highest BCUT2D eigenvalue weighted by Gasteiger charge is 2.05. The minimum Gasteiger partial charge on any atom is -0.399 e. The lowest BCUT2D eigenvalue weighted by molar-refractivity contribution is 0.731. The van der Waals surface area contributed by atoms with Crippen LogP contribution in [0.2, 0.25) is 0 Å². The molecule has 88 valence electrons. The number of aryl methyl sites for hydroxylation is 2. The number of nitrogens with zero attached hydrogens (tertiary/aromatic N) is 2. The maximum absolute atomic E-state index is 11.7. The lowest BCUT2D eigenvalue weighted by atomic mass is 10.2. The molecule has 0 spiro atoms. The minimum atomic E-state index is -0.0818. The molecule has 5 nitrogen and oxygen atoms in total. The van der Waals surface area contributed by atoms with Crippen LogP contribution in [0, 0.1) is 6.92 Å². The van der Waals surface area contributed by atoms with Crippen molar-refractivity contribution in [3.8, 4) is 0 Å².